The summed E-state index contributed by atoms with van der Waals surface area (Å²) in [5.41, 5.74) is 6.44. The SMILES string of the molecule is Nc1ncccc1C1OCCO1. The molecule has 64 valence electrons. The quantitative estimate of drug-likeness (QED) is 0.667. The lowest BCUT2D eigenvalue weighted by atomic mass is 10.2. The molecule has 1 aromatic rings. The van der Waals surface area contributed by atoms with Crippen LogP contribution in [0, 0.1) is 0 Å². The topological polar surface area (TPSA) is 57.4 Å². The molecule has 0 saturated carbocycles. The summed E-state index contributed by atoms with van der Waals surface area (Å²) in [6.45, 7) is 1.25. The number of nitrogens with zero attached hydrogens (tertiary/aromatic N) is 1. The zero-order chi connectivity index (χ0) is 8.39. The molecule has 0 amide bonds. The number of hydrogen-bond acceptors (Lipinski definition) is 4. The van der Waals surface area contributed by atoms with Gasteiger partial charge in [-0.1, -0.05) is 0 Å². The first kappa shape index (κ1) is 7.52. The van der Waals surface area contributed by atoms with Crippen molar-refractivity contribution in [2.24, 2.45) is 0 Å². The van der Waals surface area contributed by atoms with Crippen molar-refractivity contribution in [3.05, 3.63) is 23.9 Å². The molecular weight excluding hydrogens is 156 g/mol. The van der Waals surface area contributed by atoms with Crippen LogP contribution in [-0.2, 0) is 9.47 Å². The summed E-state index contributed by atoms with van der Waals surface area (Å²) in [4.78, 5) is 3.94. The Morgan fingerprint density at radius 1 is 1.42 bits per heavy atom. The summed E-state index contributed by atoms with van der Waals surface area (Å²) < 4.78 is 10.6. The minimum atomic E-state index is -0.321. The zero-order valence-electron chi connectivity index (χ0n) is 6.56. The summed E-state index contributed by atoms with van der Waals surface area (Å²) in [5.74, 6) is 0.476. The van der Waals surface area contributed by atoms with Crippen LogP contribution in [-0.4, -0.2) is 18.2 Å². The van der Waals surface area contributed by atoms with Crippen molar-refractivity contribution in [3.8, 4) is 0 Å². The highest BCUT2D eigenvalue weighted by Gasteiger charge is 2.20. The van der Waals surface area contributed by atoms with Crippen molar-refractivity contribution in [1.82, 2.24) is 4.98 Å². The number of anilines is 1. The molecule has 1 saturated heterocycles. The molecule has 0 bridgehead atoms. The number of nitrogen functional groups attached to an aromatic ring is 1. The third-order valence-corrected chi connectivity index (χ3v) is 1.75. The maximum absolute atomic E-state index is 5.63. The van der Waals surface area contributed by atoms with E-state index in [2.05, 4.69) is 4.98 Å². The number of aromatic nitrogens is 1. The van der Waals surface area contributed by atoms with E-state index in [9.17, 15) is 0 Å². The van der Waals surface area contributed by atoms with Gasteiger partial charge in [0.05, 0.1) is 13.2 Å². The Labute approximate surface area is 70.3 Å². The smallest absolute Gasteiger partial charge is 0.187 e. The third-order valence-electron chi connectivity index (χ3n) is 1.75. The van der Waals surface area contributed by atoms with Gasteiger partial charge < -0.3 is 15.2 Å². The molecule has 0 aromatic carbocycles. The van der Waals surface area contributed by atoms with E-state index >= 15 is 0 Å². The molecule has 1 fully saturated rings. The van der Waals surface area contributed by atoms with Crippen LogP contribution in [0.3, 0.4) is 0 Å². The largest absolute Gasteiger partial charge is 0.383 e. The summed E-state index contributed by atoms with van der Waals surface area (Å²) in [7, 11) is 0. The number of rotatable bonds is 1. The van der Waals surface area contributed by atoms with E-state index in [1.54, 1.807) is 6.20 Å². The summed E-state index contributed by atoms with van der Waals surface area (Å²) in [5, 5.41) is 0. The second kappa shape index (κ2) is 3.08. The maximum Gasteiger partial charge on any atom is 0.187 e. The highest BCUT2D eigenvalue weighted by atomic mass is 16.7. The molecule has 0 atom stereocenters. The summed E-state index contributed by atoms with van der Waals surface area (Å²) in [6, 6.07) is 3.68. The fraction of sp³-hybridized carbons (Fsp3) is 0.375. The Morgan fingerprint density at radius 3 is 2.83 bits per heavy atom. The number of nitrogens with two attached hydrogens (primary N) is 1. The van der Waals surface area contributed by atoms with Crippen LogP contribution in [0.4, 0.5) is 5.82 Å². The van der Waals surface area contributed by atoms with E-state index in [1.165, 1.54) is 0 Å². The number of ether oxygens (including phenoxy) is 2. The monoisotopic (exact) mass is 166 g/mol. The second-order valence-electron chi connectivity index (χ2n) is 2.55. The molecule has 0 aliphatic carbocycles. The van der Waals surface area contributed by atoms with Crippen molar-refractivity contribution in [2.75, 3.05) is 18.9 Å². The summed E-state index contributed by atoms with van der Waals surface area (Å²) >= 11 is 0. The first-order chi connectivity index (χ1) is 5.88. The lowest BCUT2D eigenvalue weighted by molar-refractivity contribution is -0.0437. The fourth-order valence-corrected chi connectivity index (χ4v) is 1.17. The van der Waals surface area contributed by atoms with Crippen LogP contribution in [0.15, 0.2) is 18.3 Å². The van der Waals surface area contributed by atoms with Gasteiger partial charge in [0.1, 0.15) is 5.82 Å². The van der Waals surface area contributed by atoms with E-state index in [0.717, 1.165) is 5.56 Å². The molecule has 2 rings (SSSR count). The average Bonchev–Trinajstić information content (AvgIpc) is 2.57. The molecule has 4 nitrogen and oxygen atoms in total. The maximum atomic E-state index is 5.63. The molecule has 1 aromatic heterocycles. The Balaban J connectivity index is 2.26. The van der Waals surface area contributed by atoms with Gasteiger partial charge in [-0.25, -0.2) is 4.98 Å². The van der Waals surface area contributed by atoms with E-state index in [1.807, 2.05) is 12.1 Å². The van der Waals surface area contributed by atoms with E-state index in [-0.39, 0.29) is 6.29 Å². The molecule has 0 spiro atoms. The van der Waals surface area contributed by atoms with Gasteiger partial charge in [0.2, 0.25) is 0 Å². The van der Waals surface area contributed by atoms with Gasteiger partial charge in [0, 0.05) is 11.8 Å². The minimum absolute atomic E-state index is 0.321. The average molecular weight is 166 g/mol. The summed E-state index contributed by atoms with van der Waals surface area (Å²) in [6.07, 6.45) is 1.33. The molecule has 0 unspecified atom stereocenters. The van der Waals surface area contributed by atoms with Crippen molar-refractivity contribution in [3.63, 3.8) is 0 Å². The molecular formula is C8H10N2O2. The van der Waals surface area contributed by atoms with E-state index < -0.39 is 0 Å². The van der Waals surface area contributed by atoms with Crippen LogP contribution in [0.25, 0.3) is 0 Å². The molecule has 1 aliphatic rings. The Morgan fingerprint density at radius 2 is 2.17 bits per heavy atom. The number of hydrogen-bond donors (Lipinski definition) is 1. The van der Waals surface area contributed by atoms with E-state index in [4.69, 9.17) is 15.2 Å². The first-order valence-electron chi connectivity index (χ1n) is 3.81. The van der Waals surface area contributed by atoms with Gasteiger partial charge in [-0.05, 0) is 12.1 Å². The fourth-order valence-electron chi connectivity index (χ4n) is 1.17. The molecule has 1 aliphatic heterocycles. The molecule has 0 radical (unpaired) electrons. The van der Waals surface area contributed by atoms with Crippen molar-refractivity contribution >= 4 is 5.82 Å². The Kier molecular flexibility index (Phi) is 1.93. The number of pyridine rings is 1. The van der Waals surface area contributed by atoms with Crippen molar-refractivity contribution in [2.45, 2.75) is 6.29 Å². The molecule has 4 heteroatoms. The van der Waals surface area contributed by atoms with Gasteiger partial charge in [-0.15, -0.1) is 0 Å². The highest BCUT2D eigenvalue weighted by Crippen LogP contribution is 2.25. The Bertz CT molecular complexity index is 272. The van der Waals surface area contributed by atoms with Crippen LogP contribution in [0.5, 0.6) is 0 Å². The Hall–Kier alpha value is -1.13. The predicted molar refractivity (Wildman–Crippen MR) is 43.3 cm³/mol. The van der Waals surface area contributed by atoms with Crippen LogP contribution < -0.4 is 5.73 Å². The van der Waals surface area contributed by atoms with Crippen molar-refractivity contribution < 1.29 is 9.47 Å². The van der Waals surface area contributed by atoms with Crippen LogP contribution >= 0.6 is 0 Å². The molecule has 2 heterocycles. The predicted octanol–water partition coefficient (Wildman–Crippen LogP) is 0.709. The van der Waals surface area contributed by atoms with E-state index in [0.29, 0.717) is 19.0 Å². The van der Waals surface area contributed by atoms with Crippen LogP contribution in [0.2, 0.25) is 0 Å². The van der Waals surface area contributed by atoms with Crippen molar-refractivity contribution in [1.29, 1.82) is 0 Å². The second-order valence-corrected chi connectivity index (χ2v) is 2.55. The normalized spacial score (nSPS) is 18.3. The van der Waals surface area contributed by atoms with Gasteiger partial charge in [-0.2, -0.15) is 0 Å². The van der Waals surface area contributed by atoms with Gasteiger partial charge >= 0.3 is 0 Å². The zero-order valence-corrected chi connectivity index (χ0v) is 6.56. The molecule has 2 N–H and O–H groups in total. The third kappa shape index (κ3) is 1.26. The van der Waals surface area contributed by atoms with Gasteiger partial charge in [0.25, 0.3) is 0 Å². The van der Waals surface area contributed by atoms with Crippen LogP contribution in [0.1, 0.15) is 11.9 Å². The van der Waals surface area contributed by atoms with Gasteiger partial charge in [-0.3, -0.25) is 0 Å². The first-order valence-corrected chi connectivity index (χ1v) is 3.81. The minimum Gasteiger partial charge on any atom is -0.383 e. The standard InChI is InChI=1S/C8H10N2O2/c9-7-6(2-1-3-10-7)8-11-4-5-12-8/h1-3,8H,4-5H2,(H2,9,10). The lowest BCUT2D eigenvalue weighted by Crippen LogP contribution is -2.03. The molecule has 12 heavy (non-hydrogen) atoms. The highest BCUT2D eigenvalue weighted by molar-refractivity contribution is 5.39. The van der Waals surface area contributed by atoms with Gasteiger partial charge in [0.15, 0.2) is 6.29 Å². The lowest BCUT2D eigenvalue weighted by Gasteiger charge is -2.09.